The highest BCUT2D eigenvalue weighted by Crippen LogP contribution is 2.60. The van der Waals surface area contributed by atoms with Crippen LogP contribution < -0.4 is 10.2 Å². The first kappa shape index (κ1) is 18.8. The quantitative estimate of drug-likeness (QED) is 0.766. The first-order valence-electron chi connectivity index (χ1n) is 11.1. The maximum atomic E-state index is 13.9. The van der Waals surface area contributed by atoms with Crippen molar-refractivity contribution in [3.8, 4) is 0 Å². The van der Waals surface area contributed by atoms with Crippen molar-refractivity contribution in [2.45, 2.75) is 44.7 Å². The van der Waals surface area contributed by atoms with Crippen LogP contribution >= 0.6 is 0 Å². The van der Waals surface area contributed by atoms with Gasteiger partial charge in [-0.05, 0) is 62.1 Å². The third-order valence-electron chi connectivity index (χ3n) is 7.73. The number of rotatable bonds is 2. The Kier molecular flexibility index (Phi) is 3.79. The van der Waals surface area contributed by atoms with Gasteiger partial charge in [-0.2, -0.15) is 0 Å². The number of nitrogens with one attached hydrogen (secondary N) is 1. The number of aryl methyl sites for hydroxylation is 2. The summed E-state index contributed by atoms with van der Waals surface area (Å²) >= 11 is 0. The molecule has 1 spiro atoms. The molecule has 158 valence electrons. The molecule has 3 amide bonds. The van der Waals surface area contributed by atoms with Gasteiger partial charge >= 0.3 is 0 Å². The highest BCUT2D eigenvalue weighted by atomic mass is 16.2. The molecule has 4 atom stereocenters. The third kappa shape index (κ3) is 2.18. The number of amides is 3. The van der Waals surface area contributed by atoms with Crippen molar-refractivity contribution in [3.63, 3.8) is 0 Å². The van der Waals surface area contributed by atoms with E-state index in [2.05, 4.69) is 23.2 Å². The van der Waals surface area contributed by atoms with Gasteiger partial charge in [0.1, 0.15) is 5.54 Å². The highest BCUT2D eigenvalue weighted by Gasteiger charge is 2.74. The van der Waals surface area contributed by atoms with E-state index in [4.69, 9.17) is 0 Å². The molecule has 4 aliphatic heterocycles. The number of carbonyl (C=O) groups is 3. The van der Waals surface area contributed by atoms with Crippen LogP contribution in [0.3, 0.4) is 0 Å². The molecule has 6 rings (SSSR count). The van der Waals surface area contributed by atoms with Crippen LogP contribution in [0.5, 0.6) is 0 Å². The van der Waals surface area contributed by atoms with Gasteiger partial charge in [-0.3, -0.25) is 19.3 Å². The Labute approximate surface area is 181 Å². The fraction of sp³-hybridized carbons (Fsp3) is 0.400. The molecule has 6 nitrogen and oxygen atoms in total. The average Bonchev–Trinajstić information content (AvgIpc) is 3.46. The Hall–Kier alpha value is -2.99. The molecule has 2 aromatic carbocycles. The summed E-state index contributed by atoms with van der Waals surface area (Å²) in [6.07, 6.45) is 2.61. The Morgan fingerprint density at radius 1 is 1.10 bits per heavy atom. The van der Waals surface area contributed by atoms with E-state index in [0.29, 0.717) is 5.69 Å². The van der Waals surface area contributed by atoms with Crippen molar-refractivity contribution in [2.75, 3.05) is 16.8 Å². The Balaban J connectivity index is 1.56. The second-order valence-electron chi connectivity index (χ2n) is 9.21. The minimum absolute atomic E-state index is 0.0850. The summed E-state index contributed by atoms with van der Waals surface area (Å²) in [5.41, 5.74) is 3.25. The van der Waals surface area contributed by atoms with Crippen molar-refractivity contribution < 1.29 is 14.4 Å². The summed E-state index contributed by atoms with van der Waals surface area (Å²) in [6.45, 7) is 4.76. The second-order valence-corrected chi connectivity index (χ2v) is 9.21. The Morgan fingerprint density at radius 3 is 2.71 bits per heavy atom. The van der Waals surface area contributed by atoms with Gasteiger partial charge in [0, 0.05) is 17.3 Å². The molecule has 0 bridgehead atoms. The summed E-state index contributed by atoms with van der Waals surface area (Å²) in [6, 6.07) is 13.4. The van der Waals surface area contributed by atoms with Gasteiger partial charge in [0.05, 0.1) is 17.5 Å². The number of imide groups is 1. The molecule has 0 saturated carbocycles. The van der Waals surface area contributed by atoms with E-state index in [1.807, 2.05) is 37.3 Å². The van der Waals surface area contributed by atoms with E-state index >= 15 is 0 Å². The van der Waals surface area contributed by atoms with E-state index in [0.717, 1.165) is 48.2 Å². The van der Waals surface area contributed by atoms with Gasteiger partial charge < -0.3 is 5.32 Å². The minimum Gasteiger partial charge on any atom is -0.324 e. The van der Waals surface area contributed by atoms with Crippen molar-refractivity contribution in [1.82, 2.24) is 4.90 Å². The van der Waals surface area contributed by atoms with Crippen molar-refractivity contribution in [3.05, 3.63) is 59.2 Å². The van der Waals surface area contributed by atoms with E-state index in [1.165, 1.54) is 4.90 Å². The summed E-state index contributed by atoms with van der Waals surface area (Å²) < 4.78 is 0. The number of anilines is 2. The summed E-state index contributed by atoms with van der Waals surface area (Å²) in [5, 5.41) is 3.04. The molecule has 4 aliphatic rings. The lowest BCUT2D eigenvalue weighted by atomic mass is 9.75. The molecule has 31 heavy (non-hydrogen) atoms. The SMILES string of the molecule is CCc1ccc2c(c1)C1(C(=O)N2)C2C(=O)N(c3cccc(C)c3)C(=O)C2C2CCCN21. The maximum absolute atomic E-state index is 13.9. The molecule has 0 aliphatic carbocycles. The van der Waals surface area contributed by atoms with Crippen LogP contribution in [0.15, 0.2) is 42.5 Å². The zero-order valence-corrected chi connectivity index (χ0v) is 17.7. The molecule has 1 N–H and O–H groups in total. The predicted molar refractivity (Wildman–Crippen MR) is 117 cm³/mol. The molecule has 0 radical (unpaired) electrons. The summed E-state index contributed by atoms with van der Waals surface area (Å²) in [4.78, 5) is 44.8. The number of benzene rings is 2. The fourth-order valence-corrected chi connectivity index (χ4v) is 6.49. The average molecular weight is 415 g/mol. The number of carbonyl (C=O) groups excluding carboxylic acids is 3. The molecule has 3 fully saturated rings. The first-order chi connectivity index (χ1) is 15.0. The van der Waals surface area contributed by atoms with Crippen molar-refractivity contribution >= 4 is 29.1 Å². The van der Waals surface area contributed by atoms with Gasteiger partial charge in [0.2, 0.25) is 17.7 Å². The number of hydrogen-bond donors (Lipinski definition) is 1. The lowest BCUT2D eigenvalue weighted by Crippen LogP contribution is -2.54. The van der Waals surface area contributed by atoms with E-state index < -0.39 is 17.4 Å². The Morgan fingerprint density at radius 2 is 1.94 bits per heavy atom. The van der Waals surface area contributed by atoms with Gasteiger partial charge in [-0.1, -0.05) is 31.2 Å². The Bertz CT molecular complexity index is 1160. The van der Waals surface area contributed by atoms with Crippen LogP contribution in [0.25, 0.3) is 0 Å². The van der Waals surface area contributed by atoms with E-state index in [9.17, 15) is 14.4 Å². The lowest BCUT2D eigenvalue weighted by Gasteiger charge is -2.36. The highest BCUT2D eigenvalue weighted by molar-refractivity contribution is 6.25. The summed E-state index contributed by atoms with van der Waals surface area (Å²) in [7, 11) is 0. The standard InChI is InChI=1S/C25H25N3O3/c1-3-15-9-10-18-17(13-15)25(24(31)26-18)21-20(19-8-5-11-27(19)25)22(29)28(23(21)30)16-7-4-6-14(2)12-16/h4,6-7,9-10,12-13,19-21H,3,5,8,11H2,1-2H3,(H,26,31). The van der Waals surface area contributed by atoms with Gasteiger partial charge in [0.25, 0.3) is 0 Å². The largest absolute Gasteiger partial charge is 0.324 e. The fourth-order valence-electron chi connectivity index (χ4n) is 6.49. The third-order valence-corrected chi connectivity index (χ3v) is 7.73. The van der Waals surface area contributed by atoms with Crippen LogP contribution in [-0.2, 0) is 26.3 Å². The zero-order chi connectivity index (χ0) is 21.5. The normalized spacial score (nSPS) is 31.4. The predicted octanol–water partition coefficient (Wildman–Crippen LogP) is 2.99. The smallest absolute Gasteiger partial charge is 0.250 e. The van der Waals surface area contributed by atoms with E-state index in [1.54, 1.807) is 6.07 Å². The number of fused-ring (bicyclic) bond motifs is 7. The second kappa shape index (κ2) is 6.26. The lowest BCUT2D eigenvalue weighted by molar-refractivity contribution is -0.135. The van der Waals surface area contributed by atoms with Crippen LogP contribution in [-0.4, -0.2) is 35.2 Å². The van der Waals surface area contributed by atoms with E-state index in [-0.39, 0.29) is 23.8 Å². The molecular formula is C25H25N3O3. The molecule has 6 heteroatoms. The number of hydrogen-bond acceptors (Lipinski definition) is 4. The topological polar surface area (TPSA) is 69.7 Å². The van der Waals surface area contributed by atoms with Gasteiger partial charge in [-0.15, -0.1) is 0 Å². The van der Waals surface area contributed by atoms with Crippen LogP contribution in [0.2, 0.25) is 0 Å². The summed E-state index contributed by atoms with van der Waals surface area (Å²) in [5.74, 6) is -1.76. The monoisotopic (exact) mass is 415 g/mol. The minimum atomic E-state index is -1.10. The number of nitrogens with zero attached hydrogens (tertiary/aromatic N) is 2. The van der Waals surface area contributed by atoms with Crippen molar-refractivity contribution in [1.29, 1.82) is 0 Å². The van der Waals surface area contributed by atoms with Crippen molar-refractivity contribution in [2.24, 2.45) is 11.8 Å². The first-order valence-corrected chi connectivity index (χ1v) is 11.1. The molecule has 0 aromatic heterocycles. The van der Waals surface area contributed by atoms with Crippen LogP contribution in [0.4, 0.5) is 11.4 Å². The van der Waals surface area contributed by atoms with Gasteiger partial charge in [0.15, 0.2) is 0 Å². The molecular weight excluding hydrogens is 390 g/mol. The maximum Gasteiger partial charge on any atom is 0.250 e. The van der Waals surface area contributed by atoms with Crippen LogP contribution in [0.1, 0.15) is 36.5 Å². The molecule has 2 aromatic rings. The zero-order valence-electron chi connectivity index (χ0n) is 17.7. The van der Waals surface area contributed by atoms with Gasteiger partial charge in [-0.25, -0.2) is 4.90 Å². The molecule has 4 heterocycles. The molecule has 3 saturated heterocycles. The molecule has 4 unspecified atom stereocenters. The van der Waals surface area contributed by atoms with Crippen LogP contribution in [0, 0.1) is 18.8 Å².